The third kappa shape index (κ3) is 5.58. The molecule has 9 heteroatoms. The summed E-state index contributed by atoms with van der Waals surface area (Å²) in [7, 11) is -3.90. The fourth-order valence-electron chi connectivity index (χ4n) is 3.70. The first kappa shape index (κ1) is 23.6. The maximum atomic E-state index is 13.3. The molecule has 1 aliphatic rings. The van der Waals surface area contributed by atoms with E-state index in [1.54, 1.807) is 30.7 Å². The van der Waals surface area contributed by atoms with Crippen LogP contribution in [0.1, 0.15) is 18.4 Å². The molecule has 184 valence electrons. The largest absolute Gasteiger partial charge is 0.493 e. The number of sulfone groups is 1. The Balaban J connectivity index is 1.34. The van der Waals surface area contributed by atoms with Crippen LogP contribution in [0.5, 0.6) is 17.2 Å². The highest BCUT2D eigenvalue weighted by Crippen LogP contribution is 2.32. The maximum absolute atomic E-state index is 13.3. The van der Waals surface area contributed by atoms with E-state index < -0.39 is 15.8 Å². The van der Waals surface area contributed by atoms with Gasteiger partial charge in [0.05, 0.1) is 29.1 Å². The predicted octanol–water partition coefficient (Wildman–Crippen LogP) is 4.91. The molecule has 0 bridgehead atoms. The number of carbonyl (C=O) groups is 1. The van der Waals surface area contributed by atoms with Crippen molar-refractivity contribution in [2.24, 2.45) is 5.92 Å². The smallest absolute Gasteiger partial charge is 0.307 e. The number of nitrogens with zero attached hydrogens (tertiary/aromatic N) is 2. The lowest BCUT2D eigenvalue weighted by atomic mass is 10.1. The second-order valence-electron chi connectivity index (χ2n) is 8.68. The average molecular weight is 505 g/mol. The average Bonchev–Trinajstić information content (AvgIpc) is 3.54. The fourth-order valence-corrected chi connectivity index (χ4v) is 5.05. The number of carboxylic acid groups (broad SMARTS) is 1. The van der Waals surface area contributed by atoms with E-state index in [0.29, 0.717) is 35.3 Å². The molecule has 0 amide bonds. The van der Waals surface area contributed by atoms with E-state index in [1.165, 1.54) is 24.3 Å². The topological polar surface area (TPSA) is 108 Å². The van der Waals surface area contributed by atoms with E-state index in [1.807, 2.05) is 35.0 Å². The standard InChI is InChI=1S/C27H24N2O6S/c30-27(31)15-20-13-24(34-17-19-1-2-19)16-26(14-20)36(32,33)25-9-7-23(8-10-25)35-22-5-3-21(4-6-22)29-12-11-28-18-29/h3-14,16,18-19H,1-2,15,17H2,(H,30,31). The SMILES string of the molecule is O=C(O)Cc1cc(OCC2CC2)cc(S(=O)(=O)c2ccc(Oc3ccc(-n4ccnc4)cc3)cc2)c1. The van der Waals surface area contributed by atoms with Crippen LogP contribution in [0, 0.1) is 5.92 Å². The van der Waals surface area contributed by atoms with Crippen LogP contribution < -0.4 is 9.47 Å². The molecule has 1 aliphatic carbocycles. The molecule has 36 heavy (non-hydrogen) atoms. The van der Waals surface area contributed by atoms with Crippen LogP contribution in [0.3, 0.4) is 0 Å². The van der Waals surface area contributed by atoms with Crippen molar-refractivity contribution in [3.8, 4) is 22.9 Å². The first-order valence-electron chi connectivity index (χ1n) is 11.5. The fraction of sp³-hybridized carbons (Fsp3) is 0.185. The summed E-state index contributed by atoms with van der Waals surface area (Å²) in [4.78, 5) is 15.3. The molecule has 0 atom stereocenters. The zero-order valence-corrected chi connectivity index (χ0v) is 20.1. The van der Waals surface area contributed by atoms with Gasteiger partial charge in [-0.2, -0.15) is 0 Å². The van der Waals surface area contributed by atoms with Crippen LogP contribution in [0.15, 0.2) is 95.2 Å². The van der Waals surface area contributed by atoms with Gasteiger partial charge in [-0.05, 0) is 91.1 Å². The minimum Gasteiger partial charge on any atom is -0.493 e. The zero-order chi connectivity index (χ0) is 25.1. The maximum Gasteiger partial charge on any atom is 0.307 e. The molecule has 0 radical (unpaired) electrons. The quantitative estimate of drug-likeness (QED) is 0.327. The van der Waals surface area contributed by atoms with Gasteiger partial charge < -0.3 is 19.1 Å². The van der Waals surface area contributed by atoms with Crippen LogP contribution in [0.4, 0.5) is 0 Å². The number of aromatic nitrogens is 2. The van der Waals surface area contributed by atoms with E-state index in [4.69, 9.17) is 9.47 Å². The van der Waals surface area contributed by atoms with Gasteiger partial charge in [0.15, 0.2) is 0 Å². The number of hydrogen-bond acceptors (Lipinski definition) is 6. The van der Waals surface area contributed by atoms with Gasteiger partial charge in [0, 0.05) is 18.1 Å². The Hall–Kier alpha value is -4.11. The minimum absolute atomic E-state index is 0.00388. The Labute approximate surface area is 208 Å². The molecule has 3 aromatic carbocycles. The van der Waals surface area contributed by atoms with Gasteiger partial charge in [-0.15, -0.1) is 0 Å². The summed E-state index contributed by atoms with van der Waals surface area (Å²) in [5, 5.41) is 9.20. The van der Waals surface area contributed by atoms with Crippen LogP contribution in [0.2, 0.25) is 0 Å². The van der Waals surface area contributed by atoms with Crippen molar-refractivity contribution in [3.63, 3.8) is 0 Å². The normalized spacial score (nSPS) is 13.3. The lowest BCUT2D eigenvalue weighted by molar-refractivity contribution is -0.136. The van der Waals surface area contributed by atoms with Gasteiger partial charge in [-0.1, -0.05) is 0 Å². The Morgan fingerprint density at radius 2 is 1.64 bits per heavy atom. The minimum atomic E-state index is -3.90. The van der Waals surface area contributed by atoms with Gasteiger partial charge >= 0.3 is 5.97 Å². The molecule has 1 fully saturated rings. The van der Waals surface area contributed by atoms with E-state index in [0.717, 1.165) is 18.5 Å². The Bertz CT molecular complexity index is 1460. The van der Waals surface area contributed by atoms with Gasteiger partial charge in [-0.25, -0.2) is 13.4 Å². The molecule has 0 spiro atoms. The van der Waals surface area contributed by atoms with E-state index in [9.17, 15) is 18.3 Å². The lowest BCUT2D eigenvalue weighted by Crippen LogP contribution is -2.07. The van der Waals surface area contributed by atoms with Gasteiger partial charge in [-0.3, -0.25) is 4.79 Å². The Kier molecular flexibility index (Phi) is 6.47. The number of carboxylic acids is 1. The van der Waals surface area contributed by atoms with Crippen molar-refractivity contribution in [2.75, 3.05) is 6.61 Å². The monoisotopic (exact) mass is 504 g/mol. The number of ether oxygens (including phenoxy) is 2. The van der Waals surface area contributed by atoms with Gasteiger partial charge in [0.25, 0.3) is 0 Å². The van der Waals surface area contributed by atoms with Gasteiger partial charge in [0.2, 0.25) is 9.84 Å². The molecule has 0 saturated heterocycles. The van der Waals surface area contributed by atoms with Crippen LogP contribution in [0.25, 0.3) is 5.69 Å². The third-order valence-electron chi connectivity index (χ3n) is 5.80. The molecule has 1 saturated carbocycles. The molecule has 0 unspecified atom stereocenters. The highest BCUT2D eigenvalue weighted by molar-refractivity contribution is 7.91. The molecular weight excluding hydrogens is 480 g/mol. The van der Waals surface area contributed by atoms with Crippen molar-refractivity contribution in [1.29, 1.82) is 0 Å². The van der Waals surface area contributed by atoms with Crippen LogP contribution >= 0.6 is 0 Å². The van der Waals surface area contributed by atoms with Crippen molar-refractivity contribution < 1.29 is 27.8 Å². The highest BCUT2D eigenvalue weighted by atomic mass is 32.2. The first-order chi connectivity index (χ1) is 17.4. The van der Waals surface area contributed by atoms with Gasteiger partial charge in [0.1, 0.15) is 17.2 Å². The molecule has 8 nitrogen and oxygen atoms in total. The Morgan fingerprint density at radius 3 is 2.25 bits per heavy atom. The van der Waals surface area contributed by atoms with E-state index >= 15 is 0 Å². The summed E-state index contributed by atoms with van der Waals surface area (Å²) < 4.78 is 40.2. The summed E-state index contributed by atoms with van der Waals surface area (Å²) in [5.41, 5.74) is 1.31. The number of aliphatic carboxylic acids is 1. The van der Waals surface area contributed by atoms with Crippen molar-refractivity contribution in [3.05, 3.63) is 91.0 Å². The zero-order valence-electron chi connectivity index (χ0n) is 19.3. The number of rotatable bonds is 10. The molecule has 5 rings (SSSR count). The third-order valence-corrected chi connectivity index (χ3v) is 7.55. The summed E-state index contributed by atoms with van der Waals surface area (Å²) in [6.07, 6.45) is 7.12. The number of imidazole rings is 1. The lowest BCUT2D eigenvalue weighted by Gasteiger charge is -2.12. The summed E-state index contributed by atoms with van der Waals surface area (Å²) >= 11 is 0. The second kappa shape index (κ2) is 9.87. The molecule has 1 heterocycles. The summed E-state index contributed by atoms with van der Waals surface area (Å²) in [6, 6.07) is 18.0. The van der Waals surface area contributed by atoms with Crippen molar-refractivity contribution in [1.82, 2.24) is 9.55 Å². The van der Waals surface area contributed by atoms with Crippen molar-refractivity contribution in [2.45, 2.75) is 29.1 Å². The van der Waals surface area contributed by atoms with Crippen LogP contribution in [-0.4, -0.2) is 35.7 Å². The second-order valence-corrected chi connectivity index (χ2v) is 10.6. The molecule has 4 aromatic rings. The first-order valence-corrected chi connectivity index (χ1v) is 12.9. The number of benzene rings is 3. The number of hydrogen-bond donors (Lipinski definition) is 1. The predicted molar refractivity (Wildman–Crippen MR) is 132 cm³/mol. The Morgan fingerprint density at radius 1 is 0.944 bits per heavy atom. The molecule has 1 N–H and O–H groups in total. The van der Waals surface area contributed by atoms with E-state index in [2.05, 4.69) is 4.98 Å². The van der Waals surface area contributed by atoms with E-state index in [-0.39, 0.29) is 16.2 Å². The van der Waals surface area contributed by atoms with Crippen molar-refractivity contribution >= 4 is 15.8 Å². The van der Waals surface area contributed by atoms with Crippen LogP contribution in [-0.2, 0) is 21.1 Å². The molecule has 1 aromatic heterocycles. The highest BCUT2D eigenvalue weighted by Gasteiger charge is 2.24. The summed E-state index contributed by atoms with van der Waals surface area (Å²) in [5.74, 6) is 0.879. The molecule has 0 aliphatic heterocycles. The summed E-state index contributed by atoms with van der Waals surface area (Å²) in [6.45, 7) is 0.491. The molecular formula is C27H24N2O6S.